The van der Waals surface area contributed by atoms with E-state index in [9.17, 15) is 0 Å². The third kappa shape index (κ3) is 2.95. The first-order chi connectivity index (χ1) is 4.84. The maximum Gasteiger partial charge on any atom is 0.257 e. The summed E-state index contributed by atoms with van der Waals surface area (Å²) >= 11 is 0. The molecule has 0 saturated heterocycles. The predicted molar refractivity (Wildman–Crippen MR) is 32.8 cm³/mol. The Bertz CT molecular complexity index is 178. The summed E-state index contributed by atoms with van der Waals surface area (Å²) in [6.07, 6.45) is 0. The van der Waals surface area contributed by atoms with Crippen LogP contribution < -0.4 is 10.9 Å². The van der Waals surface area contributed by atoms with Crippen molar-refractivity contribution in [3.63, 3.8) is 0 Å². The number of rotatable bonds is 3. The number of nitrogens with two attached hydrogens (primary N) is 1. The predicted octanol–water partition coefficient (Wildman–Crippen LogP) is -2.13. The number of hydrogen-bond acceptors (Lipinski definition) is 6. The largest absolute Gasteiger partial charge is 0.394 e. The van der Waals surface area contributed by atoms with E-state index < -0.39 is 0 Å². The Balaban J connectivity index is 0.000001000. The van der Waals surface area contributed by atoms with Gasteiger partial charge < -0.3 is 5.11 Å². The van der Waals surface area contributed by atoms with Crippen LogP contribution in [0.5, 0.6) is 0 Å². The summed E-state index contributed by atoms with van der Waals surface area (Å²) in [6, 6.07) is 0. The fraction of sp³-hybridized carbons (Fsp3) is 0.667. The summed E-state index contributed by atoms with van der Waals surface area (Å²) in [6.45, 7) is 0.272. The molecule has 0 aliphatic carbocycles. The van der Waals surface area contributed by atoms with E-state index in [1.807, 2.05) is 0 Å². The smallest absolute Gasteiger partial charge is 0.257 e. The first kappa shape index (κ1) is 10.5. The molecule has 0 atom stereocenters. The Morgan fingerprint density at radius 1 is 1.64 bits per heavy atom. The van der Waals surface area contributed by atoms with Gasteiger partial charge in [-0.05, 0) is 10.4 Å². The van der Waals surface area contributed by atoms with E-state index in [2.05, 4.69) is 20.6 Å². The zero-order valence-electron chi connectivity index (χ0n) is 5.53. The quantitative estimate of drug-likeness (QED) is 0.322. The minimum atomic E-state index is -0.0306. The van der Waals surface area contributed by atoms with Gasteiger partial charge in [-0.2, -0.15) is 0 Å². The van der Waals surface area contributed by atoms with Crippen LogP contribution in [-0.2, 0) is 22.4 Å². The van der Waals surface area contributed by atoms with E-state index in [-0.39, 0.29) is 29.0 Å². The fourth-order valence-corrected chi connectivity index (χ4v) is 0.489. The summed E-state index contributed by atoms with van der Waals surface area (Å²) in [5.74, 6) is 5.69. The van der Waals surface area contributed by atoms with Gasteiger partial charge in [0.25, 0.3) is 5.95 Å². The first-order valence-electron chi connectivity index (χ1n) is 2.71. The van der Waals surface area contributed by atoms with Crippen molar-refractivity contribution in [2.45, 2.75) is 0 Å². The monoisotopic (exact) mass is 251 g/mol. The van der Waals surface area contributed by atoms with Crippen LogP contribution in [0.1, 0.15) is 0 Å². The summed E-state index contributed by atoms with van der Waals surface area (Å²) in [5.41, 5.74) is 0. The van der Waals surface area contributed by atoms with Crippen LogP contribution in [0.25, 0.3) is 0 Å². The zero-order valence-corrected chi connectivity index (χ0v) is 7.01. The maximum atomic E-state index is 8.43. The molecule has 1 heterocycles. The van der Waals surface area contributed by atoms with Gasteiger partial charge >= 0.3 is 0 Å². The molecule has 0 aliphatic rings. The van der Waals surface area contributed by atoms with Crippen molar-refractivity contribution in [1.29, 1.82) is 0 Å². The van der Waals surface area contributed by atoms with Crippen molar-refractivity contribution in [3.05, 3.63) is 0 Å². The van der Waals surface area contributed by atoms with E-state index in [1.54, 1.807) is 0 Å². The van der Waals surface area contributed by atoms with Crippen molar-refractivity contribution in [3.8, 4) is 0 Å². The number of hydrazine groups is 1. The molecule has 11 heavy (non-hydrogen) atoms. The second kappa shape index (κ2) is 5.22. The van der Waals surface area contributed by atoms with Gasteiger partial charge in [0.15, 0.2) is 0 Å². The van der Waals surface area contributed by atoms with Crippen LogP contribution in [0.3, 0.4) is 0 Å². The molecule has 1 aromatic heterocycles. The van der Waals surface area contributed by atoms with Crippen molar-refractivity contribution >= 4 is 5.95 Å². The Labute approximate surface area is 78.4 Å². The molecule has 1 aromatic rings. The van der Waals surface area contributed by atoms with Gasteiger partial charge in [0.2, 0.25) is 0 Å². The van der Waals surface area contributed by atoms with Crippen molar-refractivity contribution < 1.29 is 27.5 Å². The molecular formula is C3H8AgN6O. The molecule has 0 aliphatic heterocycles. The van der Waals surface area contributed by atoms with E-state index in [4.69, 9.17) is 10.9 Å². The van der Waals surface area contributed by atoms with Gasteiger partial charge in [0.1, 0.15) is 0 Å². The average molecular weight is 252 g/mol. The molecule has 7 nitrogen and oxygen atoms in total. The second-order valence-corrected chi connectivity index (χ2v) is 1.64. The average Bonchev–Trinajstić information content (AvgIpc) is 2.38. The normalized spacial score (nSPS) is 8.91. The van der Waals surface area contributed by atoms with Gasteiger partial charge in [-0.3, -0.25) is 5.01 Å². The van der Waals surface area contributed by atoms with Crippen LogP contribution in [-0.4, -0.2) is 38.9 Å². The third-order valence-electron chi connectivity index (χ3n) is 0.947. The SMILES string of the molecule is NN(CCO)c1nnn[nH]1.[Ag]. The molecule has 0 saturated carbocycles. The molecule has 67 valence electrons. The Kier molecular flexibility index (Phi) is 4.99. The van der Waals surface area contributed by atoms with E-state index in [1.165, 1.54) is 5.01 Å². The minimum absolute atomic E-state index is 0. The summed E-state index contributed by atoms with van der Waals surface area (Å²) in [7, 11) is 0. The van der Waals surface area contributed by atoms with E-state index in [0.717, 1.165) is 0 Å². The molecule has 1 rings (SSSR count). The number of aromatic amines is 1. The minimum Gasteiger partial charge on any atom is -0.394 e. The summed E-state index contributed by atoms with van der Waals surface area (Å²) in [4.78, 5) is 0. The van der Waals surface area contributed by atoms with Gasteiger partial charge in [0, 0.05) is 22.4 Å². The number of H-pyrrole nitrogens is 1. The van der Waals surface area contributed by atoms with E-state index >= 15 is 0 Å². The Morgan fingerprint density at radius 2 is 2.36 bits per heavy atom. The van der Waals surface area contributed by atoms with Crippen LogP contribution in [0.4, 0.5) is 5.95 Å². The first-order valence-corrected chi connectivity index (χ1v) is 2.71. The molecular weight excluding hydrogens is 244 g/mol. The molecule has 0 fully saturated rings. The summed E-state index contributed by atoms with van der Waals surface area (Å²) < 4.78 is 0. The second-order valence-electron chi connectivity index (χ2n) is 1.64. The molecule has 0 aromatic carbocycles. The van der Waals surface area contributed by atoms with Gasteiger partial charge in [0.05, 0.1) is 13.2 Å². The number of aliphatic hydroxyl groups is 1. The number of nitrogens with one attached hydrogen (secondary N) is 1. The fourth-order valence-electron chi connectivity index (χ4n) is 0.489. The van der Waals surface area contributed by atoms with Gasteiger partial charge in [-0.1, -0.05) is 5.10 Å². The topological polar surface area (TPSA) is 104 Å². The molecule has 1 radical (unpaired) electrons. The Morgan fingerprint density at radius 3 is 2.82 bits per heavy atom. The standard InChI is InChI=1S/C3H8N6O.Ag/c4-9(1-2-10)3-5-7-8-6-3;/h10H,1-2,4H2,(H,5,6,7,8);. The molecule has 8 heteroatoms. The van der Waals surface area contributed by atoms with Crippen molar-refractivity contribution in [2.24, 2.45) is 5.84 Å². The zero-order chi connectivity index (χ0) is 7.40. The maximum absolute atomic E-state index is 8.43. The van der Waals surface area contributed by atoms with Crippen LogP contribution in [0.15, 0.2) is 0 Å². The van der Waals surface area contributed by atoms with Crippen molar-refractivity contribution in [1.82, 2.24) is 20.6 Å². The van der Waals surface area contributed by atoms with Crippen molar-refractivity contribution in [2.75, 3.05) is 18.2 Å². The number of aliphatic hydroxyl groups excluding tert-OH is 1. The molecule has 0 spiro atoms. The number of hydrogen-bond donors (Lipinski definition) is 3. The molecule has 0 bridgehead atoms. The molecule has 0 amide bonds. The number of aromatic nitrogens is 4. The number of nitrogens with zero attached hydrogens (tertiary/aromatic N) is 4. The molecule has 4 N–H and O–H groups in total. The Hall–Kier alpha value is -0.470. The van der Waals surface area contributed by atoms with E-state index in [0.29, 0.717) is 12.5 Å². The third-order valence-corrected chi connectivity index (χ3v) is 0.947. The van der Waals surface area contributed by atoms with Gasteiger partial charge in [-0.15, -0.1) is 0 Å². The molecule has 0 unspecified atom stereocenters. The van der Waals surface area contributed by atoms with Gasteiger partial charge in [-0.25, -0.2) is 10.9 Å². The van der Waals surface area contributed by atoms with Crippen LogP contribution in [0.2, 0.25) is 0 Å². The number of tetrazole rings is 1. The summed E-state index contributed by atoms with van der Waals surface area (Å²) in [5, 5.41) is 22.2. The van der Waals surface area contributed by atoms with Crippen LogP contribution >= 0.6 is 0 Å². The number of anilines is 1. The van der Waals surface area contributed by atoms with Crippen LogP contribution in [0, 0.1) is 0 Å².